The van der Waals surface area contributed by atoms with Crippen LogP contribution in [0.3, 0.4) is 0 Å². The van der Waals surface area contributed by atoms with E-state index < -0.39 is 0 Å². The molecule has 3 heteroatoms. The van der Waals surface area contributed by atoms with E-state index in [1.807, 2.05) is 0 Å². The van der Waals surface area contributed by atoms with Crippen LogP contribution in [0, 0.1) is 11.8 Å². The molecule has 0 aromatic carbocycles. The van der Waals surface area contributed by atoms with Gasteiger partial charge in [0.1, 0.15) is 0 Å². The molecule has 0 aromatic rings. The molecule has 2 nitrogen and oxygen atoms in total. The van der Waals surface area contributed by atoms with E-state index in [4.69, 9.17) is 0 Å². The molecule has 0 rings (SSSR count). The van der Waals surface area contributed by atoms with Crippen LogP contribution >= 0.6 is 0 Å². The van der Waals surface area contributed by atoms with Gasteiger partial charge < -0.3 is 10.2 Å². The molecular formula is C16H34MgO2. The van der Waals surface area contributed by atoms with Gasteiger partial charge in [0.15, 0.2) is 0 Å². The predicted molar refractivity (Wildman–Crippen MR) is 82.1 cm³/mol. The minimum atomic E-state index is 0. The normalized spacial score (nSPS) is 12.9. The summed E-state index contributed by atoms with van der Waals surface area (Å²) in [5, 5.41) is 20.7. The zero-order chi connectivity index (χ0) is 14.2. The molecule has 0 bridgehead atoms. The largest absolute Gasteiger partial charge is 2.00 e. The Kier molecular flexibility index (Phi) is 27.3. The van der Waals surface area contributed by atoms with Crippen molar-refractivity contribution in [3.05, 3.63) is 0 Å². The minimum Gasteiger partial charge on any atom is -0.854 e. The summed E-state index contributed by atoms with van der Waals surface area (Å²) < 4.78 is 0. The van der Waals surface area contributed by atoms with Gasteiger partial charge in [0.25, 0.3) is 0 Å². The Morgan fingerprint density at radius 3 is 1.16 bits per heavy atom. The van der Waals surface area contributed by atoms with Gasteiger partial charge in [-0.1, -0.05) is 90.9 Å². The molecule has 0 aliphatic heterocycles. The first-order valence-electron chi connectivity index (χ1n) is 7.86. The third-order valence-electron chi connectivity index (χ3n) is 3.56. The third-order valence-corrected chi connectivity index (χ3v) is 3.56. The van der Waals surface area contributed by atoms with Crippen LogP contribution < -0.4 is 10.2 Å². The number of hydrogen-bond donors (Lipinski definition) is 0. The molecule has 2 unspecified atom stereocenters. The Hall–Kier alpha value is 0.686. The van der Waals surface area contributed by atoms with Crippen LogP contribution in [0.5, 0.6) is 0 Å². The van der Waals surface area contributed by atoms with Crippen LogP contribution in [-0.4, -0.2) is 36.3 Å². The smallest absolute Gasteiger partial charge is 0.854 e. The number of unbranched alkanes of at least 4 members (excludes halogenated alkanes) is 2. The van der Waals surface area contributed by atoms with Crippen molar-refractivity contribution < 1.29 is 10.2 Å². The molecule has 0 saturated carbocycles. The summed E-state index contributed by atoms with van der Waals surface area (Å²) in [4.78, 5) is 0. The molecule has 0 N–H and O–H groups in total. The maximum Gasteiger partial charge on any atom is 2.00 e. The minimum absolute atomic E-state index is 0. The van der Waals surface area contributed by atoms with Crippen LogP contribution in [-0.2, 0) is 0 Å². The quantitative estimate of drug-likeness (QED) is 0.578. The van der Waals surface area contributed by atoms with Crippen LogP contribution in [0.25, 0.3) is 0 Å². The Morgan fingerprint density at radius 1 is 0.684 bits per heavy atom. The summed E-state index contributed by atoms with van der Waals surface area (Å²) in [7, 11) is 0. The Balaban J connectivity index is -0.000000256. The molecule has 0 amide bonds. The van der Waals surface area contributed by atoms with Gasteiger partial charge in [0, 0.05) is 0 Å². The molecule has 0 fully saturated rings. The summed E-state index contributed by atoms with van der Waals surface area (Å²) >= 11 is 0. The Bertz CT molecular complexity index is 119. The van der Waals surface area contributed by atoms with Crippen LogP contribution in [0.1, 0.15) is 79.1 Å². The van der Waals surface area contributed by atoms with Gasteiger partial charge in [-0.3, -0.25) is 0 Å². The van der Waals surface area contributed by atoms with Gasteiger partial charge >= 0.3 is 23.1 Å². The van der Waals surface area contributed by atoms with E-state index in [-0.39, 0.29) is 36.3 Å². The second-order valence-corrected chi connectivity index (χ2v) is 5.17. The fourth-order valence-corrected chi connectivity index (χ4v) is 1.80. The molecule has 19 heavy (non-hydrogen) atoms. The molecule has 0 aliphatic rings. The van der Waals surface area contributed by atoms with Crippen LogP contribution in [0.2, 0.25) is 0 Å². The Morgan fingerprint density at radius 2 is 1.00 bits per heavy atom. The van der Waals surface area contributed by atoms with Gasteiger partial charge in [-0.2, -0.15) is 0 Å². The molecular weight excluding hydrogens is 248 g/mol. The molecule has 2 atom stereocenters. The maximum atomic E-state index is 10.4. The van der Waals surface area contributed by atoms with Crippen molar-refractivity contribution in [2.45, 2.75) is 79.1 Å². The zero-order valence-corrected chi connectivity index (χ0v) is 15.2. The molecule has 0 saturated heterocycles. The van der Waals surface area contributed by atoms with E-state index in [0.29, 0.717) is 11.8 Å². The summed E-state index contributed by atoms with van der Waals surface area (Å²) in [5.74, 6) is 0.898. The summed E-state index contributed by atoms with van der Waals surface area (Å²) in [6.45, 7) is 8.76. The van der Waals surface area contributed by atoms with Crippen molar-refractivity contribution in [3.63, 3.8) is 0 Å². The van der Waals surface area contributed by atoms with Crippen LogP contribution in [0.15, 0.2) is 0 Å². The van der Waals surface area contributed by atoms with E-state index in [1.54, 1.807) is 0 Å². The molecule has 112 valence electrons. The summed E-state index contributed by atoms with van der Waals surface area (Å²) in [5.41, 5.74) is 0. The van der Waals surface area contributed by atoms with E-state index >= 15 is 0 Å². The SMILES string of the molecule is CCCCC(CC)C[O-].CCCCC(CC)C[O-].[Mg+2]. The van der Waals surface area contributed by atoms with Gasteiger partial charge in [0.2, 0.25) is 0 Å². The molecule has 0 radical (unpaired) electrons. The summed E-state index contributed by atoms with van der Waals surface area (Å²) in [6.07, 6.45) is 9.27. The van der Waals surface area contributed by atoms with Gasteiger partial charge in [0.05, 0.1) is 0 Å². The zero-order valence-electron chi connectivity index (χ0n) is 13.7. The monoisotopic (exact) mass is 282 g/mol. The van der Waals surface area contributed by atoms with Crippen molar-refractivity contribution in [2.75, 3.05) is 13.2 Å². The van der Waals surface area contributed by atoms with E-state index in [0.717, 1.165) is 25.7 Å². The average Bonchev–Trinajstić information content (AvgIpc) is 2.42. The Labute approximate surface area is 137 Å². The topological polar surface area (TPSA) is 46.1 Å². The van der Waals surface area contributed by atoms with Crippen molar-refractivity contribution >= 4 is 23.1 Å². The number of rotatable bonds is 10. The third kappa shape index (κ3) is 18.7. The second kappa shape index (κ2) is 21.0. The summed E-state index contributed by atoms with van der Waals surface area (Å²) in [6, 6.07) is 0. The first kappa shape index (κ1) is 24.7. The van der Waals surface area contributed by atoms with E-state index in [9.17, 15) is 10.2 Å². The van der Waals surface area contributed by atoms with Gasteiger partial charge in [-0.05, 0) is 0 Å². The standard InChI is InChI=1S/2C8H17O.Mg/c2*1-3-5-6-8(4-2)7-9;/h2*8H,3-7H2,1-2H3;/q2*-1;+2. The van der Waals surface area contributed by atoms with E-state index in [1.165, 1.54) is 25.7 Å². The second-order valence-electron chi connectivity index (χ2n) is 5.17. The van der Waals surface area contributed by atoms with Crippen molar-refractivity contribution in [1.82, 2.24) is 0 Å². The first-order chi connectivity index (χ1) is 8.69. The van der Waals surface area contributed by atoms with Crippen LogP contribution in [0.4, 0.5) is 0 Å². The molecule has 0 spiro atoms. The van der Waals surface area contributed by atoms with E-state index in [2.05, 4.69) is 27.7 Å². The fourth-order valence-electron chi connectivity index (χ4n) is 1.80. The molecule has 0 aromatic heterocycles. The average molecular weight is 283 g/mol. The van der Waals surface area contributed by atoms with Crippen molar-refractivity contribution in [1.29, 1.82) is 0 Å². The number of hydrogen-bond acceptors (Lipinski definition) is 2. The fraction of sp³-hybridized carbons (Fsp3) is 1.00. The van der Waals surface area contributed by atoms with Crippen molar-refractivity contribution in [3.8, 4) is 0 Å². The molecule has 0 heterocycles. The van der Waals surface area contributed by atoms with Gasteiger partial charge in [-0.25, -0.2) is 0 Å². The maximum absolute atomic E-state index is 10.4. The predicted octanol–water partition coefficient (Wildman–Crippen LogP) is 2.75. The molecule has 0 aliphatic carbocycles. The van der Waals surface area contributed by atoms with Crippen molar-refractivity contribution in [2.24, 2.45) is 11.8 Å². The first-order valence-corrected chi connectivity index (χ1v) is 7.86. The van der Waals surface area contributed by atoms with Gasteiger partial charge in [-0.15, -0.1) is 13.2 Å².